The number of rotatable bonds is 16. The Morgan fingerprint density at radius 1 is 0.958 bits per heavy atom. The van der Waals surface area contributed by atoms with E-state index in [1.165, 1.54) is 19.3 Å². The molecular formula is C18H34O5S. The number of carboxylic acids is 1. The molecule has 0 aliphatic heterocycles. The molecule has 1 atom stereocenters. The zero-order chi connectivity index (χ0) is 18.3. The summed E-state index contributed by atoms with van der Waals surface area (Å²) in [7, 11) is -4.00. The van der Waals surface area contributed by atoms with Gasteiger partial charge in [0.1, 0.15) is 0 Å². The number of hydrogen-bond acceptors (Lipinski definition) is 3. The van der Waals surface area contributed by atoms with E-state index in [1.807, 2.05) is 12.2 Å². The van der Waals surface area contributed by atoms with Gasteiger partial charge < -0.3 is 5.11 Å². The topological polar surface area (TPSA) is 91.7 Å². The van der Waals surface area contributed by atoms with Crippen LogP contribution in [-0.4, -0.2) is 29.3 Å². The van der Waals surface area contributed by atoms with Crippen LogP contribution >= 0.6 is 0 Å². The Balaban J connectivity index is 3.91. The molecule has 0 spiro atoms. The molecule has 0 saturated carbocycles. The van der Waals surface area contributed by atoms with Gasteiger partial charge in [-0.2, -0.15) is 8.42 Å². The molecule has 1 unspecified atom stereocenters. The summed E-state index contributed by atoms with van der Waals surface area (Å²) in [5.74, 6) is -0.775. The van der Waals surface area contributed by atoms with Gasteiger partial charge in [-0.1, -0.05) is 64.0 Å². The van der Waals surface area contributed by atoms with E-state index in [2.05, 4.69) is 6.92 Å². The Labute approximate surface area is 147 Å². The molecule has 142 valence electrons. The fourth-order valence-corrected chi connectivity index (χ4v) is 3.44. The van der Waals surface area contributed by atoms with E-state index in [9.17, 15) is 17.8 Å². The third-order valence-corrected chi connectivity index (χ3v) is 5.40. The van der Waals surface area contributed by atoms with Crippen molar-refractivity contribution in [2.45, 2.75) is 95.6 Å². The summed E-state index contributed by atoms with van der Waals surface area (Å²) < 4.78 is 32.2. The van der Waals surface area contributed by atoms with Crippen LogP contribution in [0.3, 0.4) is 0 Å². The second kappa shape index (κ2) is 14.5. The summed E-state index contributed by atoms with van der Waals surface area (Å²) in [5.41, 5.74) is 0. The lowest BCUT2D eigenvalue weighted by Crippen LogP contribution is -2.19. The molecule has 2 N–H and O–H groups in total. The molecule has 0 fully saturated rings. The van der Waals surface area contributed by atoms with Crippen molar-refractivity contribution in [1.82, 2.24) is 0 Å². The Morgan fingerprint density at radius 2 is 1.58 bits per heavy atom. The van der Waals surface area contributed by atoms with E-state index in [4.69, 9.17) is 5.11 Å². The van der Waals surface area contributed by atoms with Crippen molar-refractivity contribution >= 4 is 16.1 Å². The van der Waals surface area contributed by atoms with Gasteiger partial charge in [0.05, 0.1) is 5.25 Å². The van der Waals surface area contributed by atoms with Crippen molar-refractivity contribution < 1.29 is 22.9 Å². The highest BCUT2D eigenvalue weighted by molar-refractivity contribution is 7.86. The van der Waals surface area contributed by atoms with Crippen LogP contribution in [0.2, 0.25) is 0 Å². The number of allylic oxidation sites excluding steroid dienone is 2. The molecule has 0 bridgehead atoms. The highest BCUT2D eigenvalue weighted by Crippen LogP contribution is 2.16. The Hall–Kier alpha value is -0.880. The second-order valence-electron chi connectivity index (χ2n) is 6.39. The van der Waals surface area contributed by atoms with Gasteiger partial charge in [-0.25, -0.2) is 0 Å². The van der Waals surface area contributed by atoms with E-state index >= 15 is 0 Å². The highest BCUT2D eigenvalue weighted by Gasteiger charge is 2.20. The summed E-state index contributed by atoms with van der Waals surface area (Å²) in [6, 6.07) is 0. The molecule has 5 nitrogen and oxygen atoms in total. The van der Waals surface area contributed by atoms with Crippen molar-refractivity contribution in [3.05, 3.63) is 12.2 Å². The van der Waals surface area contributed by atoms with Crippen molar-refractivity contribution in [1.29, 1.82) is 0 Å². The minimum absolute atomic E-state index is 0.191. The maximum atomic E-state index is 11.4. The minimum Gasteiger partial charge on any atom is -0.481 e. The third kappa shape index (κ3) is 14.7. The van der Waals surface area contributed by atoms with Crippen LogP contribution in [0.15, 0.2) is 12.2 Å². The fraction of sp³-hybridized carbons (Fsp3) is 0.833. The Kier molecular flexibility index (Phi) is 13.9. The first-order chi connectivity index (χ1) is 11.4. The van der Waals surface area contributed by atoms with Crippen LogP contribution in [0.25, 0.3) is 0 Å². The minimum atomic E-state index is -4.00. The lowest BCUT2D eigenvalue weighted by Gasteiger charge is -2.11. The van der Waals surface area contributed by atoms with Gasteiger partial charge >= 0.3 is 5.97 Å². The summed E-state index contributed by atoms with van der Waals surface area (Å²) >= 11 is 0. The molecule has 6 heteroatoms. The maximum absolute atomic E-state index is 11.4. The number of aliphatic carboxylic acids is 1. The van der Waals surface area contributed by atoms with Crippen LogP contribution in [-0.2, 0) is 14.9 Å². The van der Waals surface area contributed by atoms with E-state index in [1.54, 1.807) is 0 Å². The standard InChI is InChI=1S/C18H34O5S/c1-2-3-4-5-6-8-11-14-17(24(21,22)23)15-12-9-7-10-13-16-18(19)20/h8,11,17H,2-7,9-10,12-16H2,1H3,(H,19,20)(H,21,22,23). The average molecular weight is 363 g/mol. The van der Waals surface area contributed by atoms with Gasteiger partial charge in [0.25, 0.3) is 10.1 Å². The van der Waals surface area contributed by atoms with Crippen molar-refractivity contribution in [2.24, 2.45) is 0 Å². The Morgan fingerprint density at radius 3 is 2.21 bits per heavy atom. The average Bonchev–Trinajstić information content (AvgIpc) is 2.49. The van der Waals surface area contributed by atoms with Crippen molar-refractivity contribution in [3.63, 3.8) is 0 Å². The smallest absolute Gasteiger partial charge is 0.303 e. The van der Waals surface area contributed by atoms with E-state index < -0.39 is 21.3 Å². The molecule has 0 aromatic rings. The lowest BCUT2D eigenvalue weighted by atomic mass is 10.1. The molecule has 0 aromatic heterocycles. The Bertz CT molecular complexity index is 442. The predicted octanol–water partition coefficient (Wildman–Crippen LogP) is 4.97. The van der Waals surface area contributed by atoms with E-state index in [-0.39, 0.29) is 6.42 Å². The summed E-state index contributed by atoms with van der Waals surface area (Å²) in [6.07, 6.45) is 14.6. The zero-order valence-electron chi connectivity index (χ0n) is 15.0. The SMILES string of the molecule is CCCCCCC=CCC(CCCCCCCC(=O)O)S(=O)(=O)O. The van der Waals surface area contributed by atoms with Gasteiger partial charge in [-0.05, 0) is 32.1 Å². The van der Waals surface area contributed by atoms with E-state index in [0.29, 0.717) is 19.3 Å². The molecular weight excluding hydrogens is 328 g/mol. The van der Waals surface area contributed by atoms with Crippen LogP contribution in [0.1, 0.15) is 90.4 Å². The summed E-state index contributed by atoms with van der Waals surface area (Å²) in [5, 5.41) is 7.82. The molecule has 0 radical (unpaired) electrons. The van der Waals surface area contributed by atoms with E-state index in [0.717, 1.165) is 38.5 Å². The number of carbonyl (C=O) groups is 1. The van der Waals surface area contributed by atoms with Gasteiger partial charge in [0.2, 0.25) is 0 Å². The van der Waals surface area contributed by atoms with Crippen molar-refractivity contribution in [2.75, 3.05) is 0 Å². The molecule has 0 aliphatic rings. The zero-order valence-corrected chi connectivity index (χ0v) is 15.8. The van der Waals surface area contributed by atoms with Crippen LogP contribution in [0.4, 0.5) is 0 Å². The van der Waals surface area contributed by atoms with Gasteiger partial charge in [-0.3, -0.25) is 9.35 Å². The van der Waals surface area contributed by atoms with Gasteiger partial charge in [0.15, 0.2) is 0 Å². The normalized spacial score (nSPS) is 13.4. The van der Waals surface area contributed by atoms with Crippen LogP contribution in [0, 0.1) is 0 Å². The van der Waals surface area contributed by atoms with Crippen molar-refractivity contribution in [3.8, 4) is 0 Å². The molecule has 0 aliphatic carbocycles. The fourth-order valence-electron chi connectivity index (χ4n) is 2.62. The first-order valence-corrected chi connectivity index (χ1v) is 10.7. The first-order valence-electron chi connectivity index (χ1n) is 9.21. The van der Waals surface area contributed by atoms with Gasteiger partial charge in [0, 0.05) is 6.42 Å². The number of carboxylic acid groups (broad SMARTS) is 1. The molecule has 0 rings (SSSR count). The molecule has 24 heavy (non-hydrogen) atoms. The maximum Gasteiger partial charge on any atom is 0.303 e. The predicted molar refractivity (Wildman–Crippen MR) is 97.8 cm³/mol. The molecule has 0 aromatic carbocycles. The quantitative estimate of drug-likeness (QED) is 0.230. The first kappa shape index (κ1) is 23.1. The second-order valence-corrected chi connectivity index (χ2v) is 8.09. The molecule has 0 amide bonds. The molecule has 0 heterocycles. The number of unbranched alkanes of at least 4 members (excludes halogenated alkanes) is 8. The lowest BCUT2D eigenvalue weighted by molar-refractivity contribution is -0.137. The molecule has 0 saturated heterocycles. The highest BCUT2D eigenvalue weighted by atomic mass is 32.2. The van der Waals surface area contributed by atoms with Gasteiger partial charge in [-0.15, -0.1) is 0 Å². The van der Waals surface area contributed by atoms with Crippen LogP contribution in [0.5, 0.6) is 0 Å². The monoisotopic (exact) mass is 362 g/mol. The van der Waals surface area contributed by atoms with Crippen LogP contribution < -0.4 is 0 Å². The summed E-state index contributed by atoms with van der Waals surface area (Å²) in [6.45, 7) is 2.17. The summed E-state index contributed by atoms with van der Waals surface area (Å²) in [4.78, 5) is 10.4. The third-order valence-electron chi connectivity index (χ3n) is 4.13. The number of hydrogen-bond donors (Lipinski definition) is 2. The largest absolute Gasteiger partial charge is 0.481 e.